The standard InChI is InChI=1S/C17H19NO2/c1-13-6-3-4-9-16(13)17(19)18-11-10-14-7-5-8-15(12-14)20-2/h3-9,12H,10-11H2,1-2H3,(H,18,19). The summed E-state index contributed by atoms with van der Waals surface area (Å²) in [4.78, 5) is 12.0. The van der Waals surface area contributed by atoms with E-state index in [1.54, 1.807) is 7.11 Å². The van der Waals surface area contributed by atoms with E-state index in [4.69, 9.17) is 4.74 Å². The van der Waals surface area contributed by atoms with E-state index < -0.39 is 0 Å². The van der Waals surface area contributed by atoms with E-state index in [1.165, 1.54) is 0 Å². The summed E-state index contributed by atoms with van der Waals surface area (Å²) < 4.78 is 5.18. The second kappa shape index (κ2) is 6.75. The van der Waals surface area contributed by atoms with Gasteiger partial charge < -0.3 is 10.1 Å². The monoisotopic (exact) mass is 269 g/mol. The number of nitrogens with one attached hydrogen (secondary N) is 1. The molecule has 0 saturated carbocycles. The molecule has 0 unspecified atom stereocenters. The lowest BCUT2D eigenvalue weighted by Gasteiger charge is -2.08. The second-order valence-corrected chi connectivity index (χ2v) is 4.67. The molecule has 0 spiro atoms. The van der Waals surface area contributed by atoms with Gasteiger partial charge in [-0.05, 0) is 42.7 Å². The number of amides is 1. The van der Waals surface area contributed by atoms with Crippen LogP contribution in [0.15, 0.2) is 48.5 Å². The normalized spacial score (nSPS) is 10.1. The topological polar surface area (TPSA) is 38.3 Å². The molecule has 0 aromatic heterocycles. The Morgan fingerprint density at radius 1 is 1.15 bits per heavy atom. The van der Waals surface area contributed by atoms with E-state index in [0.717, 1.165) is 28.9 Å². The van der Waals surface area contributed by atoms with E-state index >= 15 is 0 Å². The smallest absolute Gasteiger partial charge is 0.251 e. The number of aryl methyl sites for hydroxylation is 1. The zero-order chi connectivity index (χ0) is 14.4. The maximum Gasteiger partial charge on any atom is 0.251 e. The van der Waals surface area contributed by atoms with Gasteiger partial charge in [-0.25, -0.2) is 0 Å². The zero-order valence-electron chi connectivity index (χ0n) is 11.8. The van der Waals surface area contributed by atoms with Gasteiger partial charge in [0.15, 0.2) is 0 Å². The third-order valence-electron chi connectivity index (χ3n) is 3.22. The molecule has 0 bridgehead atoms. The summed E-state index contributed by atoms with van der Waals surface area (Å²) >= 11 is 0. The molecule has 3 nitrogen and oxygen atoms in total. The lowest BCUT2D eigenvalue weighted by Crippen LogP contribution is -2.26. The summed E-state index contributed by atoms with van der Waals surface area (Å²) in [5.41, 5.74) is 2.87. The number of rotatable bonds is 5. The number of carbonyl (C=O) groups excluding carboxylic acids is 1. The molecule has 3 heteroatoms. The lowest BCUT2D eigenvalue weighted by atomic mass is 10.1. The Balaban J connectivity index is 1.89. The van der Waals surface area contributed by atoms with Gasteiger partial charge in [0.25, 0.3) is 5.91 Å². The van der Waals surface area contributed by atoms with Crippen LogP contribution in [0.4, 0.5) is 0 Å². The molecule has 2 aromatic rings. The van der Waals surface area contributed by atoms with Crippen LogP contribution >= 0.6 is 0 Å². The molecule has 0 radical (unpaired) electrons. The Labute approximate surface area is 119 Å². The van der Waals surface area contributed by atoms with E-state index in [1.807, 2.05) is 55.5 Å². The van der Waals surface area contributed by atoms with Crippen LogP contribution in [0.2, 0.25) is 0 Å². The molecular weight excluding hydrogens is 250 g/mol. The molecule has 0 atom stereocenters. The lowest BCUT2D eigenvalue weighted by molar-refractivity contribution is 0.0953. The van der Waals surface area contributed by atoms with Gasteiger partial charge >= 0.3 is 0 Å². The number of hydrogen-bond donors (Lipinski definition) is 1. The second-order valence-electron chi connectivity index (χ2n) is 4.67. The van der Waals surface area contributed by atoms with Crippen LogP contribution in [0, 0.1) is 6.92 Å². The first-order chi connectivity index (χ1) is 9.70. The molecule has 1 amide bonds. The van der Waals surface area contributed by atoms with E-state index in [-0.39, 0.29) is 5.91 Å². The number of carbonyl (C=O) groups is 1. The fourth-order valence-electron chi connectivity index (χ4n) is 2.07. The molecule has 0 saturated heterocycles. The summed E-state index contributed by atoms with van der Waals surface area (Å²) in [5.74, 6) is 0.818. The Morgan fingerprint density at radius 2 is 1.95 bits per heavy atom. The van der Waals surface area contributed by atoms with E-state index in [0.29, 0.717) is 6.54 Å². The largest absolute Gasteiger partial charge is 0.497 e. The molecule has 0 aliphatic heterocycles. The van der Waals surface area contributed by atoms with Crippen LogP contribution in [0.1, 0.15) is 21.5 Å². The third-order valence-corrected chi connectivity index (χ3v) is 3.22. The molecule has 0 heterocycles. The van der Waals surface area contributed by atoms with Gasteiger partial charge in [-0.1, -0.05) is 30.3 Å². The number of hydrogen-bond acceptors (Lipinski definition) is 2. The molecule has 2 aromatic carbocycles. The molecule has 104 valence electrons. The van der Waals surface area contributed by atoms with Crippen LogP contribution in [0.3, 0.4) is 0 Å². The highest BCUT2D eigenvalue weighted by Gasteiger charge is 2.07. The molecule has 20 heavy (non-hydrogen) atoms. The van der Waals surface area contributed by atoms with Crippen molar-refractivity contribution >= 4 is 5.91 Å². The van der Waals surface area contributed by atoms with Crippen molar-refractivity contribution in [2.45, 2.75) is 13.3 Å². The van der Waals surface area contributed by atoms with Gasteiger partial charge in [-0.3, -0.25) is 4.79 Å². The van der Waals surface area contributed by atoms with E-state index in [2.05, 4.69) is 5.32 Å². The summed E-state index contributed by atoms with van der Waals surface area (Å²) in [6.07, 6.45) is 0.787. The third kappa shape index (κ3) is 3.60. The maximum atomic E-state index is 12.0. The quantitative estimate of drug-likeness (QED) is 0.906. The average Bonchev–Trinajstić information content (AvgIpc) is 2.48. The van der Waals surface area contributed by atoms with Gasteiger partial charge in [0.1, 0.15) is 5.75 Å². The highest BCUT2D eigenvalue weighted by molar-refractivity contribution is 5.95. The van der Waals surface area contributed by atoms with Crippen molar-refractivity contribution in [1.82, 2.24) is 5.32 Å². The Hall–Kier alpha value is -2.29. The minimum absolute atomic E-state index is 0.0222. The summed E-state index contributed by atoms with van der Waals surface area (Å²) in [6, 6.07) is 15.5. The summed E-state index contributed by atoms with van der Waals surface area (Å²) in [7, 11) is 1.65. The number of methoxy groups -OCH3 is 1. The SMILES string of the molecule is COc1cccc(CCNC(=O)c2ccccc2C)c1. The molecular formula is C17H19NO2. The van der Waals surface area contributed by atoms with Crippen molar-refractivity contribution < 1.29 is 9.53 Å². The fraction of sp³-hybridized carbons (Fsp3) is 0.235. The van der Waals surface area contributed by atoms with E-state index in [9.17, 15) is 4.79 Å². The van der Waals surface area contributed by atoms with Crippen LogP contribution in [0.25, 0.3) is 0 Å². The van der Waals surface area contributed by atoms with Crippen molar-refractivity contribution in [3.63, 3.8) is 0 Å². The predicted molar refractivity (Wildman–Crippen MR) is 80.2 cm³/mol. The molecule has 0 aliphatic rings. The van der Waals surface area contributed by atoms with Gasteiger partial charge in [0.05, 0.1) is 7.11 Å². The van der Waals surface area contributed by atoms with Gasteiger partial charge in [-0.2, -0.15) is 0 Å². The zero-order valence-corrected chi connectivity index (χ0v) is 11.8. The highest BCUT2D eigenvalue weighted by Crippen LogP contribution is 2.12. The first kappa shape index (κ1) is 14.1. The minimum atomic E-state index is -0.0222. The van der Waals surface area contributed by atoms with Crippen molar-refractivity contribution in [3.05, 3.63) is 65.2 Å². The molecule has 2 rings (SSSR count). The van der Waals surface area contributed by atoms with Crippen LogP contribution in [0.5, 0.6) is 5.75 Å². The Kier molecular flexibility index (Phi) is 4.77. The number of benzene rings is 2. The van der Waals surface area contributed by atoms with Crippen LogP contribution in [-0.2, 0) is 6.42 Å². The molecule has 1 N–H and O–H groups in total. The van der Waals surface area contributed by atoms with Crippen molar-refractivity contribution in [2.24, 2.45) is 0 Å². The first-order valence-corrected chi connectivity index (χ1v) is 6.67. The predicted octanol–water partition coefficient (Wildman–Crippen LogP) is 2.98. The average molecular weight is 269 g/mol. The van der Waals surface area contributed by atoms with Crippen LogP contribution in [-0.4, -0.2) is 19.6 Å². The van der Waals surface area contributed by atoms with Gasteiger partial charge in [0, 0.05) is 12.1 Å². The van der Waals surface area contributed by atoms with Crippen molar-refractivity contribution in [1.29, 1.82) is 0 Å². The molecule has 0 aliphatic carbocycles. The number of ether oxygens (including phenoxy) is 1. The first-order valence-electron chi connectivity index (χ1n) is 6.67. The van der Waals surface area contributed by atoms with Gasteiger partial charge in [0.2, 0.25) is 0 Å². The van der Waals surface area contributed by atoms with Gasteiger partial charge in [-0.15, -0.1) is 0 Å². The fourth-order valence-corrected chi connectivity index (χ4v) is 2.07. The molecule has 0 fully saturated rings. The van der Waals surface area contributed by atoms with Crippen molar-refractivity contribution in [3.8, 4) is 5.75 Å². The summed E-state index contributed by atoms with van der Waals surface area (Å²) in [5, 5.41) is 2.95. The van der Waals surface area contributed by atoms with Crippen molar-refractivity contribution in [2.75, 3.05) is 13.7 Å². The summed E-state index contributed by atoms with van der Waals surface area (Å²) in [6.45, 7) is 2.55. The minimum Gasteiger partial charge on any atom is -0.497 e. The highest BCUT2D eigenvalue weighted by atomic mass is 16.5. The van der Waals surface area contributed by atoms with Crippen LogP contribution < -0.4 is 10.1 Å². The Bertz CT molecular complexity index is 593. The maximum absolute atomic E-state index is 12.0. The Morgan fingerprint density at radius 3 is 2.70 bits per heavy atom.